The predicted molar refractivity (Wildman–Crippen MR) is 62.7 cm³/mol. The number of carbonyl (C=O) groups is 1. The van der Waals surface area contributed by atoms with Crippen LogP contribution in [0.15, 0.2) is 51.9 Å². The van der Waals surface area contributed by atoms with E-state index in [9.17, 15) is 9.59 Å². The van der Waals surface area contributed by atoms with E-state index in [4.69, 9.17) is 14.3 Å². The lowest BCUT2D eigenvalue weighted by atomic mass is 10.2. The molecule has 1 aromatic heterocycles. The van der Waals surface area contributed by atoms with E-state index in [1.165, 1.54) is 0 Å². The van der Waals surface area contributed by atoms with Crippen molar-refractivity contribution in [3.05, 3.63) is 64.2 Å². The molecule has 92 valence electrons. The summed E-state index contributed by atoms with van der Waals surface area (Å²) in [4.78, 5) is 22.1. The molecule has 0 fully saturated rings. The highest BCUT2D eigenvalue weighted by Gasteiger charge is 2.10. The Morgan fingerprint density at radius 2 is 2.00 bits per heavy atom. The van der Waals surface area contributed by atoms with Crippen LogP contribution in [0, 0.1) is 0 Å². The Balaban J connectivity index is 2.11. The van der Waals surface area contributed by atoms with Gasteiger partial charge in [-0.05, 0) is 5.56 Å². The van der Waals surface area contributed by atoms with Crippen molar-refractivity contribution in [2.24, 2.45) is 0 Å². The average Bonchev–Trinajstić information content (AvgIpc) is 2.38. The van der Waals surface area contributed by atoms with Crippen LogP contribution < -0.4 is 10.2 Å². The van der Waals surface area contributed by atoms with Crippen molar-refractivity contribution in [1.82, 2.24) is 0 Å². The van der Waals surface area contributed by atoms with Crippen molar-refractivity contribution >= 4 is 5.97 Å². The summed E-state index contributed by atoms with van der Waals surface area (Å²) in [6, 6.07) is 10.2. The fraction of sp³-hybridized carbons (Fsp3) is 0.0769. The van der Waals surface area contributed by atoms with Gasteiger partial charge >= 0.3 is 5.97 Å². The Hall–Kier alpha value is -2.56. The van der Waals surface area contributed by atoms with Crippen LogP contribution in [0.5, 0.6) is 5.75 Å². The van der Waals surface area contributed by atoms with E-state index in [0.29, 0.717) is 0 Å². The number of aromatic carboxylic acids is 1. The van der Waals surface area contributed by atoms with Gasteiger partial charge < -0.3 is 14.3 Å². The molecule has 0 aliphatic rings. The summed E-state index contributed by atoms with van der Waals surface area (Å²) in [6.07, 6.45) is 1.01. The Bertz CT molecular complexity index is 600. The van der Waals surface area contributed by atoms with Gasteiger partial charge in [0.1, 0.15) is 12.9 Å². The second kappa shape index (κ2) is 5.18. The molecule has 1 aromatic carbocycles. The van der Waals surface area contributed by atoms with Crippen molar-refractivity contribution in [3.63, 3.8) is 0 Å². The van der Waals surface area contributed by atoms with Crippen LogP contribution in [0.25, 0.3) is 0 Å². The lowest BCUT2D eigenvalue weighted by molar-refractivity contribution is 0.0658. The molecule has 2 rings (SSSR count). The lowest BCUT2D eigenvalue weighted by Crippen LogP contribution is -2.09. The zero-order chi connectivity index (χ0) is 13.0. The van der Waals surface area contributed by atoms with E-state index < -0.39 is 17.2 Å². The van der Waals surface area contributed by atoms with E-state index in [-0.39, 0.29) is 12.4 Å². The van der Waals surface area contributed by atoms with Crippen molar-refractivity contribution in [1.29, 1.82) is 0 Å². The van der Waals surface area contributed by atoms with E-state index >= 15 is 0 Å². The largest absolute Gasteiger partial charge is 0.482 e. The quantitative estimate of drug-likeness (QED) is 0.891. The third kappa shape index (κ3) is 2.76. The van der Waals surface area contributed by atoms with Crippen LogP contribution in [-0.2, 0) is 6.61 Å². The Kier molecular flexibility index (Phi) is 3.43. The maximum absolute atomic E-state index is 11.5. The summed E-state index contributed by atoms with van der Waals surface area (Å²) in [5.41, 5.74) is 0.383. The number of benzene rings is 1. The second-order valence-corrected chi connectivity index (χ2v) is 3.55. The maximum Gasteiger partial charge on any atom is 0.371 e. The molecule has 1 N–H and O–H groups in total. The Morgan fingerprint density at radius 3 is 2.61 bits per heavy atom. The topological polar surface area (TPSA) is 76.7 Å². The summed E-state index contributed by atoms with van der Waals surface area (Å²) < 4.78 is 10.0. The van der Waals surface area contributed by atoms with Gasteiger partial charge in [-0.15, -0.1) is 0 Å². The standard InChI is InChI=1S/C13H10O5/c14-10-6-11(13(15)16)18-8-12(10)17-7-9-4-2-1-3-5-9/h1-6,8H,7H2,(H,15,16). The molecule has 0 saturated heterocycles. The van der Waals surface area contributed by atoms with Crippen molar-refractivity contribution in [2.45, 2.75) is 6.61 Å². The molecule has 5 heteroatoms. The normalized spacial score (nSPS) is 10.0. The fourth-order valence-electron chi connectivity index (χ4n) is 1.35. The molecule has 0 bridgehead atoms. The predicted octanol–water partition coefficient (Wildman–Crippen LogP) is 1.92. The van der Waals surface area contributed by atoms with Crippen LogP contribution in [0.3, 0.4) is 0 Å². The molecule has 0 atom stereocenters. The second-order valence-electron chi connectivity index (χ2n) is 3.55. The minimum atomic E-state index is -1.29. The van der Waals surface area contributed by atoms with E-state index in [1.54, 1.807) is 0 Å². The van der Waals surface area contributed by atoms with Gasteiger partial charge in [0.05, 0.1) is 0 Å². The SMILES string of the molecule is O=C(O)c1cc(=O)c(OCc2ccccc2)co1. The number of carboxylic acid groups (broad SMARTS) is 1. The van der Waals surface area contributed by atoms with Crippen molar-refractivity contribution in [3.8, 4) is 5.75 Å². The lowest BCUT2D eigenvalue weighted by Gasteiger charge is -2.04. The summed E-state index contributed by atoms with van der Waals surface area (Å²) in [5, 5.41) is 8.63. The van der Waals surface area contributed by atoms with Gasteiger partial charge in [0.15, 0.2) is 0 Å². The molecule has 5 nitrogen and oxygen atoms in total. The van der Waals surface area contributed by atoms with Crippen molar-refractivity contribution in [2.75, 3.05) is 0 Å². The number of rotatable bonds is 4. The molecular formula is C13H10O5. The molecule has 2 aromatic rings. The first-order chi connectivity index (χ1) is 8.66. The maximum atomic E-state index is 11.5. The highest BCUT2D eigenvalue weighted by molar-refractivity contribution is 5.84. The van der Waals surface area contributed by atoms with Crippen LogP contribution in [0.4, 0.5) is 0 Å². The molecule has 0 unspecified atom stereocenters. The molecule has 1 heterocycles. The number of hydrogen-bond donors (Lipinski definition) is 1. The minimum absolute atomic E-state index is 0.0103. The summed E-state index contributed by atoms with van der Waals surface area (Å²) in [7, 11) is 0. The van der Waals surface area contributed by atoms with E-state index in [2.05, 4.69) is 0 Å². The van der Waals surface area contributed by atoms with E-state index in [0.717, 1.165) is 17.9 Å². The van der Waals surface area contributed by atoms with Crippen LogP contribution in [0.2, 0.25) is 0 Å². The Morgan fingerprint density at radius 1 is 1.28 bits per heavy atom. The fourth-order valence-corrected chi connectivity index (χ4v) is 1.35. The summed E-state index contributed by atoms with van der Waals surface area (Å²) in [5.74, 6) is -1.71. The number of carboxylic acids is 1. The van der Waals surface area contributed by atoms with Gasteiger partial charge in [0, 0.05) is 6.07 Å². The summed E-state index contributed by atoms with van der Waals surface area (Å²) in [6.45, 7) is 0.220. The van der Waals surface area contributed by atoms with E-state index in [1.807, 2.05) is 30.3 Å². The molecule has 0 saturated carbocycles. The summed E-state index contributed by atoms with van der Waals surface area (Å²) >= 11 is 0. The van der Waals surface area contributed by atoms with Gasteiger partial charge in [-0.3, -0.25) is 4.79 Å². The average molecular weight is 246 g/mol. The Labute approximate surface area is 102 Å². The number of hydrogen-bond acceptors (Lipinski definition) is 4. The van der Waals surface area contributed by atoms with Gasteiger partial charge in [0.25, 0.3) is 0 Å². The molecule has 0 amide bonds. The monoisotopic (exact) mass is 246 g/mol. The highest BCUT2D eigenvalue weighted by atomic mass is 16.5. The minimum Gasteiger partial charge on any atom is -0.482 e. The van der Waals surface area contributed by atoms with Crippen LogP contribution in [-0.4, -0.2) is 11.1 Å². The van der Waals surface area contributed by atoms with Gasteiger partial charge in [-0.1, -0.05) is 30.3 Å². The molecule has 0 aliphatic carbocycles. The van der Waals surface area contributed by atoms with Gasteiger partial charge in [0.2, 0.25) is 16.9 Å². The molecular weight excluding hydrogens is 236 g/mol. The number of ether oxygens (including phenoxy) is 1. The van der Waals surface area contributed by atoms with Crippen LogP contribution >= 0.6 is 0 Å². The van der Waals surface area contributed by atoms with Crippen LogP contribution in [0.1, 0.15) is 16.1 Å². The molecule has 18 heavy (non-hydrogen) atoms. The smallest absolute Gasteiger partial charge is 0.371 e. The van der Waals surface area contributed by atoms with Gasteiger partial charge in [-0.25, -0.2) is 4.79 Å². The first-order valence-electron chi connectivity index (χ1n) is 5.19. The zero-order valence-electron chi connectivity index (χ0n) is 9.33. The third-order valence-corrected chi connectivity index (χ3v) is 2.25. The third-order valence-electron chi connectivity index (χ3n) is 2.25. The molecule has 0 spiro atoms. The first-order valence-corrected chi connectivity index (χ1v) is 5.19. The molecule has 0 aliphatic heterocycles. The first kappa shape index (κ1) is 11.9. The zero-order valence-corrected chi connectivity index (χ0v) is 9.33. The molecule has 0 radical (unpaired) electrons. The van der Waals surface area contributed by atoms with Gasteiger partial charge in [-0.2, -0.15) is 0 Å². The highest BCUT2D eigenvalue weighted by Crippen LogP contribution is 2.09. The van der Waals surface area contributed by atoms with Crippen molar-refractivity contribution < 1.29 is 19.1 Å².